The second kappa shape index (κ2) is 9.82. The molecule has 0 fully saturated rings. The lowest BCUT2D eigenvalue weighted by Crippen LogP contribution is -2.09. The van der Waals surface area contributed by atoms with E-state index in [9.17, 15) is 4.79 Å². The number of nitrogens with zero attached hydrogens (tertiary/aromatic N) is 4. The van der Waals surface area contributed by atoms with Crippen LogP contribution in [0.5, 0.6) is 11.5 Å². The number of para-hydroxylation sites is 1. The highest BCUT2D eigenvalue weighted by atomic mass is 35.5. The predicted octanol–water partition coefficient (Wildman–Crippen LogP) is 5.52. The maximum absolute atomic E-state index is 12.7. The van der Waals surface area contributed by atoms with Gasteiger partial charge in [0.15, 0.2) is 26.3 Å². The maximum Gasteiger partial charge on any atom is 0.271 e. The summed E-state index contributed by atoms with van der Waals surface area (Å²) in [6, 6.07) is 12.6. The number of methoxy groups -OCH3 is 2. The van der Waals surface area contributed by atoms with Crippen molar-refractivity contribution in [1.29, 1.82) is 0 Å². The van der Waals surface area contributed by atoms with Crippen LogP contribution in [0.1, 0.15) is 5.89 Å². The molecule has 1 N–H and O–H groups in total. The maximum atomic E-state index is 12.7. The quantitative estimate of drug-likeness (QED) is 0.161. The fraction of sp³-hybridized carbons (Fsp3) is 0.136. The number of thiazole rings is 1. The molecular formula is C22H16ClN5O4S3. The highest BCUT2D eigenvalue weighted by molar-refractivity contribution is 7.98. The molecule has 2 aromatic carbocycles. The van der Waals surface area contributed by atoms with Crippen LogP contribution in [0.3, 0.4) is 0 Å². The Labute approximate surface area is 216 Å². The van der Waals surface area contributed by atoms with Crippen molar-refractivity contribution < 1.29 is 14.0 Å². The zero-order valence-electron chi connectivity index (χ0n) is 18.3. The Morgan fingerprint density at radius 3 is 2.71 bits per heavy atom. The number of aromatic nitrogens is 5. The summed E-state index contributed by atoms with van der Waals surface area (Å²) in [4.78, 5) is 24.6. The van der Waals surface area contributed by atoms with Crippen molar-refractivity contribution in [2.75, 3.05) is 14.2 Å². The number of ether oxygens (including phenoxy) is 2. The van der Waals surface area contributed by atoms with Crippen LogP contribution < -0.4 is 15.0 Å². The summed E-state index contributed by atoms with van der Waals surface area (Å²) in [6.45, 7) is 0. The van der Waals surface area contributed by atoms with Crippen molar-refractivity contribution in [3.8, 4) is 28.6 Å². The molecule has 0 bridgehead atoms. The first-order valence-corrected chi connectivity index (χ1v) is 12.7. The number of H-pyrrole nitrogens is 1. The molecular weight excluding hydrogens is 530 g/mol. The van der Waals surface area contributed by atoms with Gasteiger partial charge in [0, 0.05) is 10.7 Å². The number of halogens is 1. The van der Waals surface area contributed by atoms with E-state index in [4.69, 9.17) is 37.8 Å². The van der Waals surface area contributed by atoms with E-state index in [0.29, 0.717) is 59.0 Å². The standard InChI is InChI=1S/C22H16ClN5O4S3/c1-30-14-5-3-4-13(16(14)31-2)18-24-15(32-27-18)10-34-21-25-19-17(20(29)26-21)35-22(33)28(19)12-8-6-11(23)7-9-12/h3-9H,10H2,1-2H3,(H,25,26,29). The van der Waals surface area contributed by atoms with Crippen LogP contribution in [0.25, 0.3) is 27.4 Å². The third-order valence-corrected chi connectivity index (χ3v) is 7.42. The van der Waals surface area contributed by atoms with E-state index in [1.165, 1.54) is 23.1 Å². The summed E-state index contributed by atoms with van der Waals surface area (Å²) in [6.07, 6.45) is 0. The average Bonchev–Trinajstić information content (AvgIpc) is 3.47. The molecule has 0 atom stereocenters. The van der Waals surface area contributed by atoms with E-state index in [0.717, 1.165) is 5.69 Å². The van der Waals surface area contributed by atoms with Gasteiger partial charge in [-0.1, -0.05) is 45.9 Å². The van der Waals surface area contributed by atoms with Crippen molar-refractivity contribution >= 4 is 57.3 Å². The van der Waals surface area contributed by atoms with E-state index in [1.54, 1.807) is 37.0 Å². The first kappa shape index (κ1) is 23.5. The molecule has 3 aromatic heterocycles. The van der Waals surface area contributed by atoms with Gasteiger partial charge in [-0.15, -0.1) is 0 Å². The normalized spacial score (nSPS) is 11.2. The van der Waals surface area contributed by atoms with Crippen molar-refractivity contribution in [3.05, 3.63) is 67.7 Å². The summed E-state index contributed by atoms with van der Waals surface area (Å²) in [5.41, 5.74) is 1.61. The Hall–Kier alpha value is -3.19. The first-order chi connectivity index (χ1) is 17.0. The molecule has 0 aliphatic rings. The minimum absolute atomic E-state index is 0.270. The molecule has 5 aromatic rings. The number of rotatable bonds is 7. The summed E-state index contributed by atoms with van der Waals surface area (Å²) in [5, 5.41) is 5.06. The molecule has 0 spiro atoms. The van der Waals surface area contributed by atoms with Gasteiger partial charge >= 0.3 is 0 Å². The first-order valence-electron chi connectivity index (χ1n) is 10.1. The molecule has 13 heteroatoms. The molecule has 35 heavy (non-hydrogen) atoms. The van der Waals surface area contributed by atoms with Crippen LogP contribution in [0.2, 0.25) is 5.02 Å². The van der Waals surface area contributed by atoms with Crippen LogP contribution in [0, 0.1) is 3.95 Å². The fourth-order valence-electron chi connectivity index (χ4n) is 3.40. The number of hydrogen-bond acceptors (Lipinski definition) is 10. The van der Waals surface area contributed by atoms with Crippen molar-refractivity contribution in [1.82, 2.24) is 24.7 Å². The van der Waals surface area contributed by atoms with E-state index in [1.807, 2.05) is 24.3 Å². The second-order valence-electron chi connectivity index (χ2n) is 7.05. The Morgan fingerprint density at radius 2 is 1.97 bits per heavy atom. The highest BCUT2D eigenvalue weighted by Gasteiger charge is 2.18. The topological polar surface area (TPSA) is 108 Å². The lowest BCUT2D eigenvalue weighted by Gasteiger charge is -2.09. The van der Waals surface area contributed by atoms with E-state index < -0.39 is 0 Å². The van der Waals surface area contributed by atoms with Gasteiger partial charge in [0.25, 0.3) is 5.56 Å². The number of fused-ring (bicyclic) bond motifs is 1. The average molecular weight is 546 g/mol. The molecule has 0 unspecified atom stereocenters. The third-order valence-electron chi connectivity index (χ3n) is 4.95. The minimum atomic E-state index is -0.270. The van der Waals surface area contributed by atoms with Crippen molar-refractivity contribution in [2.45, 2.75) is 10.9 Å². The van der Waals surface area contributed by atoms with Gasteiger partial charge in [0.05, 0.1) is 25.5 Å². The lowest BCUT2D eigenvalue weighted by atomic mass is 10.2. The van der Waals surface area contributed by atoms with Gasteiger partial charge < -0.3 is 19.0 Å². The monoisotopic (exact) mass is 545 g/mol. The number of aromatic amines is 1. The van der Waals surface area contributed by atoms with Crippen LogP contribution in [-0.2, 0) is 5.75 Å². The smallest absolute Gasteiger partial charge is 0.271 e. The van der Waals surface area contributed by atoms with E-state index in [2.05, 4.69) is 20.1 Å². The van der Waals surface area contributed by atoms with Crippen LogP contribution >= 0.6 is 46.9 Å². The zero-order valence-corrected chi connectivity index (χ0v) is 21.5. The molecule has 5 rings (SSSR count). The van der Waals surface area contributed by atoms with Crippen LogP contribution in [-0.4, -0.2) is 38.9 Å². The van der Waals surface area contributed by atoms with Crippen LogP contribution in [0.4, 0.5) is 0 Å². The highest BCUT2D eigenvalue weighted by Crippen LogP contribution is 2.36. The molecule has 0 aliphatic carbocycles. The zero-order chi connectivity index (χ0) is 24.5. The molecule has 0 radical (unpaired) electrons. The largest absolute Gasteiger partial charge is 0.493 e. The van der Waals surface area contributed by atoms with E-state index in [-0.39, 0.29) is 5.56 Å². The van der Waals surface area contributed by atoms with Crippen molar-refractivity contribution in [3.63, 3.8) is 0 Å². The van der Waals surface area contributed by atoms with E-state index >= 15 is 0 Å². The van der Waals surface area contributed by atoms with Gasteiger partial charge in [0.2, 0.25) is 11.7 Å². The van der Waals surface area contributed by atoms with Gasteiger partial charge in [0.1, 0.15) is 4.70 Å². The Kier molecular flexibility index (Phi) is 6.60. The Balaban J connectivity index is 1.43. The SMILES string of the molecule is COc1cccc(-c2noc(CSc3nc4c(sc(=S)n4-c4ccc(Cl)cc4)c(=O)[nH]3)n2)c1OC. The third kappa shape index (κ3) is 4.57. The molecule has 0 amide bonds. The lowest BCUT2D eigenvalue weighted by molar-refractivity contribution is 0.355. The molecule has 0 saturated carbocycles. The fourth-order valence-corrected chi connectivity index (χ4v) is 5.49. The predicted molar refractivity (Wildman–Crippen MR) is 138 cm³/mol. The summed E-state index contributed by atoms with van der Waals surface area (Å²) >= 11 is 14.0. The Morgan fingerprint density at radius 1 is 1.17 bits per heavy atom. The van der Waals surface area contributed by atoms with Crippen LogP contribution in [0.15, 0.2) is 56.9 Å². The number of benzene rings is 2. The van der Waals surface area contributed by atoms with Gasteiger partial charge in [-0.05, 0) is 48.6 Å². The molecule has 178 valence electrons. The minimum Gasteiger partial charge on any atom is -0.493 e. The number of thioether (sulfide) groups is 1. The summed E-state index contributed by atoms with van der Waals surface area (Å²) in [5.74, 6) is 2.08. The number of hydrogen-bond donors (Lipinski definition) is 1. The molecule has 9 nitrogen and oxygen atoms in total. The van der Waals surface area contributed by atoms with Gasteiger partial charge in [-0.2, -0.15) is 4.98 Å². The second-order valence-corrected chi connectivity index (χ2v) is 10.1. The summed E-state index contributed by atoms with van der Waals surface area (Å²) in [7, 11) is 3.11. The van der Waals surface area contributed by atoms with Gasteiger partial charge in [-0.25, -0.2) is 4.98 Å². The summed E-state index contributed by atoms with van der Waals surface area (Å²) < 4.78 is 18.9. The molecule has 0 aliphatic heterocycles. The molecule has 3 heterocycles. The molecule has 0 saturated heterocycles. The number of nitrogens with one attached hydrogen (secondary N) is 1. The van der Waals surface area contributed by atoms with Crippen molar-refractivity contribution in [2.24, 2.45) is 0 Å². The Bertz CT molecular complexity index is 1640. The van der Waals surface area contributed by atoms with Gasteiger partial charge in [-0.3, -0.25) is 9.36 Å².